The first-order valence-corrected chi connectivity index (χ1v) is 21.0. The molecule has 0 aliphatic heterocycles. The fourth-order valence-corrected chi connectivity index (χ4v) is 5.66. The monoisotopic (exact) mass is 847 g/mol. The summed E-state index contributed by atoms with van der Waals surface area (Å²) in [5.41, 5.74) is -2.29. The molecule has 4 amide bonds. The Morgan fingerprint density at radius 1 is 0.644 bits per heavy atom. The molecule has 0 aliphatic rings. The van der Waals surface area contributed by atoms with Crippen molar-refractivity contribution < 1.29 is 61.6 Å². The summed E-state index contributed by atoms with van der Waals surface area (Å²) in [5.74, 6) is 5.03. The zero-order valence-electron chi connectivity index (χ0n) is 34.2. The molecule has 0 aromatic heterocycles. The summed E-state index contributed by atoms with van der Waals surface area (Å²) in [6, 6.07) is 5.82. The number of benzene rings is 1. The van der Waals surface area contributed by atoms with Gasteiger partial charge >= 0.3 is 0 Å². The lowest BCUT2D eigenvalue weighted by Gasteiger charge is -2.36. The molecule has 18 heteroatoms. The summed E-state index contributed by atoms with van der Waals surface area (Å²) < 4.78 is 49.9. The zero-order chi connectivity index (χ0) is 43.6. The fourth-order valence-electron chi connectivity index (χ4n) is 5.01. The lowest BCUT2D eigenvalue weighted by molar-refractivity contribution is -0.193. The Morgan fingerprint density at radius 2 is 1.02 bits per heavy atom. The molecule has 17 nitrogen and oxygen atoms in total. The van der Waals surface area contributed by atoms with Gasteiger partial charge in [0.1, 0.15) is 25.6 Å². The average Bonchev–Trinajstić information content (AvgIpc) is 3.21. The number of carbonyl (C=O) groups is 4. The second-order valence-corrected chi connectivity index (χ2v) is 15.4. The predicted molar refractivity (Wildman–Crippen MR) is 218 cm³/mol. The van der Waals surface area contributed by atoms with E-state index < -0.39 is 24.7 Å². The summed E-state index contributed by atoms with van der Waals surface area (Å²) in [7, 11) is -4.42. The van der Waals surface area contributed by atoms with E-state index in [1.807, 2.05) is 0 Å². The minimum absolute atomic E-state index is 0.00250. The van der Waals surface area contributed by atoms with Crippen molar-refractivity contribution in [2.24, 2.45) is 0 Å². The summed E-state index contributed by atoms with van der Waals surface area (Å²) in [6.07, 6.45) is 15.2. The van der Waals surface area contributed by atoms with E-state index in [1.165, 1.54) is 32.0 Å². The molecule has 1 rings (SSSR count). The van der Waals surface area contributed by atoms with Crippen LogP contribution >= 0.6 is 7.60 Å². The van der Waals surface area contributed by atoms with Crippen LogP contribution in [0, 0.1) is 37.0 Å². The SMILES string of the molecule is C#CCOCCOCCNC(=O)CCC(CCC(=O)NCCOCCOCC#C)(CCC(=O)NCCOCCOCC#C)NC(=O)c1ccccc1OP(=O)([O-])C(C)C. The maximum Gasteiger partial charge on any atom is 0.255 e. The Bertz CT molecular complexity index is 1460. The van der Waals surface area contributed by atoms with E-state index in [2.05, 4.69) is 39.0 Å². The van der Waals surface area contributed by atoms with Crippen molar-refractivity contribution in [3.05, 3.63) is 29.8 Å². The van der Waals surface area contributed by atoms with Crippen LogP contribution in [0.5, 0.6) is 5.75 Å². The number of amides is 4. The maximum atomic E-state index is 14.1. The van der Waals surface area contributed by atoms with Crippen LogP contribution in [-0.4, -0.2) is 134 Å². The van der Waals surface area contributed by atoms with Gasteiger partial charge in [-0.2, -0.15) is 0 Å². The number of carbonyl (C=O) groups excluding carboxylic acids is 4. The molecule has 0 heterocycles. The lowest BCUT2D eigenvalue weighted by Crippen LogP contribution is -2.50. The molecule has 1 aromatic carbocycles. The summed E-state index contributed by atoms with van der Waals surface area (Å²) in [4.78, 5) is 66.1. The lowest BCUT2D eigenvalue weighted by atomic mass is 9.82. The van der Waals surface area contributed by atoms with Gasteiger partial charge in [0.15, 0.2) is 7.60 Å². The van der Waals surface area contributed by atoms with Crippen LogP contribution in [0.1, 0.15) is 62.7 Å². The highest BCUT2D eigenvalue weighted by molar-refractivity contribution is 7.52. The number of para-hydroxylation sites is 1. The van der Waals surface area contributed by atoms with Crippen molar-refractivity contribution >= 4 is 31.2 Å². The van der Waals surface area contributed by atoms with Crippen LogP contribution < -0.4 is 30.7 Å². The van der Waals surface area contributed by atoms with Crippen molar-refractivity contribution in [1.29, 1.82) is 0 Å². The third-order valence-electron chi connectivity index (χ3n) is 8.24. The standard InChI is InChI=1S/C41H61N4O13P/c1-6-22-52-28-31-55-25-19-42-37(46)13-16-41(17-14-38(47)43-20-26-56-32-29-53-23-7-2,18-15-39(48)44-21-27-57-33-30-54-24-8-3)45-40(49)35-11-9-10-12-36(35)58-59(50,51)34(4)5/h1-3,9-12,34H,13-33H2,4-5H3,(H,42,46)(H,43,47)(H,44,48)(H,45,49)(H,50,51)/p-1. The first-order valence-electron chi connectivity index (χ1n) is 19.4. The van der Waals surface area contributed by atoms with Gasteiger partial charge < -0.3 is 59.1 Å². The van der Waals surface area contributed by atoms with Gasteiger partial charge in [0.2, 0.25) is 17.7 Å². The van der Waals surface area contributed by atoms with Crippen LogP contribution in [-0.2, 0) is 47.4 Å². The van der Waals surface area contributed by atoms with Crippen molar-refractivity contribution in [1.82, 2.24) is 21.3 Å². The largest absolute Gasteiger partial charge is 0.769 e. The van der Waals surface area contributed by atoms with E-state index in [9.17, 15) is 28.6 Å². The van der Waals surface area contributed by atoms with Crippen LogP contribution in [0.4, 0.5) is 0 Å². The van der Waals surface area contributed by atoms with Gasteiger partial charge in [0.25, 0.3) is 5.91 Å². The van der Waals surface area contributed by atoms with Gasteiger partial charge in [-0.05, 0) is 31.4 Å². The van der Waals surface area contributed by atoms with Crippen molar-refractivity contribution in [2.75, 3.05) is 98.9 Å². The number of terminal acetylenes is 3. The van der Waals surface area contributed by atoms with E-state index in [-0.39, 0.29) is 147 Å². The van der Waals surface area contributed by atoms with Crippen molar-refractivity contribution in [3.63, 3.8) is 0 Å². The molecule has 0 spiro atoms. The Morgan fingerprint density at radius 3 is 1.39 bits per heavy atom. The van der Waals surface area contributed by atoms with Gasteiger partial charge in [-0.25, -0.2) is 0 Å². The normalized spacial score (nSPS) is 12.0. The molecule has 328 valence electrons. The van der Waals surface area contributed by atoms with Gasteiger partial charge in [0.05, 0.1) is 65.0 Å². The average molecular weight is 848 g/mol. The molecule has 0 saturated carbocycles. The highest BCUT2D eigenvalue weighted by atomic mass is 31.2. The van der Waals surface area contributed by atoms with Gasteiger partial charge in [-0.3, -0.25) is 23.7 Å². The smallest absolute Gasteiger partial charge is 0.255 e. The molecule has 0 fully saturated rings. The second kappa shape index (κ2) is 32.4. The molecule has 0 saturated heterocycles. The van der Waals surface area contributed by atoms with Gasteiger partial charge in [-0.15, -0.1) is 19.3 Å². The van der Waals surface area contributed by atoms with Crippen LogP contribution in [0.15, 0.2) is 24.3 Å². The Kier molecular flexibility index (Phi) is 28.8. The third kappa shape index (κ3) is 25.6. The number of nitrogens with one attached hydrogen (secondary N) is 4. The third-order valence-corrected chi connectivity index (χ3v) is 9.95. The number of rotatable bonds is 35. The molecule has 1 unspecified atom stereocenters. The van der Waals surface area contributed by atoms with Crippen molar-refractivity contribution in [2.45, 2.75) is 63.6 Å². The second-order valence-electron chi connectivity index (χ2n) is 13.1. The summed E-state index contributed by atoms with van der Waals surface area (Å²) in [6.45, 7) is 6.27. The zero-order valence-corrected chi connectivity index (χ0v) is 35.1. The summed E-state index contributed by atoms with van der Waals surface area (Å²) in [5, 5.41) is 11.3. The van der Waals surface area contributed by atoms with Crippen LogP contribution in [0.3, 0.4) is 0 Å². The number of hydrogen-bond acceptors (Lipinski definition) is 13. The van der Waals surface area contributed by atoms with E-state index in [4.69, 9.17) is 52.2 Å². The molecule has 1 aromatic rings. The van der Waals surface area contributed by atoms with Crippen molar-refractivity contribution in [3.8, 4) is 42.8 Å². The molecule has 0 radical (unpaired) electrons. The van der Waals surface area contributed by atoms with Gasteiger partial charge in [-0.1, -0.05) is 43.7 Å². The molecule has 59 heavy (non-hydrogen) atoms. The molecule has 1 atom stereocenters. The van der Waals surface area contributed by atoms with E-state index >= 15 is 0 Å². The predicted octanol–water partition coefficient (Wildman–Crippen LogP) is 1.18. The van der Waals surface area contributed by atoms with E-state index in [0.717, 1.165) is 0 Å². The Hall–Kier alpha value is -4.47. The Balaban J connectivity index is 3.22. The first kappa shape index (κ1) is 52.5. The molecular weight excluding hydrogens is 787 g/mol. The minimum Gasteiger partial charge on any atom is -0.769 e. The molecule has 0 aliphatic carbocycles. The maximum absolute atomic E-state index is 14.1. The van der Waals surface area contributed by atoms with Crippen LogP contribution in [0.25, 0.3) is 0 Å². The topological polar surface area (TPSA) is 221 Å². The molecular formula is C41H60N4O13P-. The highest BCUT2D eigenvalue weighted by Gasteiger charge is 2.35. The van der Waals surface area contributed by atoms with Crippen LogP contribution in [0.2, 0.25) is 0 Å². The first-order chi connectivity index (χ1) is 28.4. The summed E-state index contributed by atoms with van der Waals surface area (Å²) >= 11 is 0. The highest BCUT2D eigenvalue weighted by Crippen LogP contribution is 2.44. The number of ether oxygens (including phenoxy) is 6. The molecule has 0 bridgehead atoms. The number of hydrogen-bond donors (Lipinski definition) is 4. The van der Waals surface area contributed by atoms with Gasteiger partial charge in [0, 0.05) is 50.1 Å². The minimum atomic E-state index is -4.42. The molecule has 4 N–H and O–H groups in total. The quantitative estimate of drug-likeness (QED) is 0.0429. The Labute approximate surface area is 348 Å². The fraction of sp³-hybridized carbons (Fsp3) is 0.610. The van der Waals surface area contributed by atoms with E-state index in [0.29, 0.717) is 19.8 Å². The van der Waals surface area contributed by atoms with E-state index in [1.54, 1.807) is 6.07 Å².